The van der Waals surface area contributed by atoms with Crippen molar-refractivity contribution >= 4 is 11.6 Å². The summed E-state index contributed by atoms with van der Waals surface area (Å²) < 4.78 is 10.3. The van der Waals surface area contributed by atoms with Gasteiger partial charge in [-0.05, 0) is 12.1 Å². The minimum absolute atomic E-state index is 0.123. The Morgan fingerprint density at radius 1 is 1.63 bits per heavy atom. The number of nitrogens with zero attached hydrogens (tertiary/aromatic N) is 1. The highest BCUT2D eigenvalue weighted by Gasteiger charge is 2.28. The maximum absolute atomic E-state index is 12.4. The van der Waals surface area contributed by atoms with Crippen molar-refractivity contribution < 1.29 is 19.4 Å². The molecule has 0 spiro atoms. The van der Waals surface area contributed by atoms with Crippen LogP contribution in [0.3, 0.4) is 0 Å². The molecule has 0 bridgehead atoms. The molecule has 1 aromatic rings. The van der Waals surface area contributed by atoms with Crippen LogP contribution in [0.1, 0.15) is 10.4 Å². The molecule has 1 amide bonds. The number of hydrogen-bond donors (Lipinski definition) is 2. The van der Waals surface area contributed by atoms with Crippen molar-refractivity contribution in [1.82, 2.24) is 4.90 Å². The molecule has 0 aromatic heterocycles. The van der Waals surface area contributed by atoms with E-state index in [-0.39, 0.29) is 18.6 Å². The molecule has 0 aliphatic carbocycles. The number of nitrogens with two attached hydrogens (primary N) is 1. The van der Waals surface area contributed by atoms with E-state index >= 15 is 0 Å². The smallest absolute Gasteiger partial charge is 0.256 e. The van der Waals surface area contributed by atoms with E-state index in [1.165, 1.54) is 0 Å². The molecule has 6 nitrogen and oxygen atoms in total. The Balaban J connectivity index is 2.23. The van der Waals surface area contributed by atoms with E-state index in [2.05, 4.69) is 0 Å². The predicted octanol–water partition coefficient (Wildman–Crippen LogP) is 0.111. The Hall–Kier alpha value is -1.79. The maximum atomic E-state index is 12.4. The first-order valence-electron chi connectivity index (χ1n) is 6.10. The molecular weight excluding hydrogens is 248 g/mol. The minimum atomic E-state index is -0.317. The van der Waals surface area contributed by atoms with E-state index in [1.807, 2.05) is 0 Å². The second kappa shape index (κ2) is 5.90. The second-order valence-corrected chi connectivity index (χ2v) is 4.36. The molecule has 1 unspecified atom stereocenters. The van der Waals surface area contributed by atoms with E-state index in [9.17, 15) is 9.90 Å². The van der Waals surface area contributed by atoms with Crippen molar-refractivity contribution in [3.8, 4) is 5.75 Å². The van der Waals surface area contributed by atoms with Gasteiger partial charge in [-0.3, -0.25) is 4.79 Å². The number of aliphatic hydroxyl groups is 1. The van der Waals surface area contributed by atoms with Gasteiger partial charge < -0.3 is 25.2 Å². The van der Waals surface area contributed by atoms with Crippen LogP contribution < -0.4 is 10.5 Å². The Morgan fingerprint density at radius 3 is 3.05 bits per heavy atom. The van der Waals surface area contributed by atoms with Gasteiger partial charge in [0.25, 0.3) is 5.91 Å². The normalized spacial score (nSPS) is 19.3. The van der Waals surface area contributed by atoms with Crippen LogP contribution in [-0.2, 0) is 4.74 Å². The third-order valence-electron chi connectivity index (χ3n) is 3.19. The molecule has 1 fully saturated rings. The number of methoxy groups -OCH3 is 1. The van der Waals surface area contributed by atoms with Crippen molar-refractivity contribution in [2.75, 3.05) is 39.2 Å². The zero-order chi connectivity index (χ0) is 13.8. The molecule has 1 aliphatic heterocycles. The van der Waals surface area contributed by atoms with Gasteiger partial charge in [-0.15, -0.1) is 0 Å². The lowest BCUT2D eigenvalue weighted by Crippen LogP contribution is -2.50. The molecule has 0 saturated carbocycles. The molecular formula is C13H18N2O4. The number of benzene rings is 1. The number of amides is 1. The summed E-state index contributed by atoms with van der Waals surface area (Å²) in [5, 5.41) is 9.28. The summed E-state index contributed by atoms with van der Waals surface area (Å²) in [7, 11) is 1.54. The van der Waals surface area contributed by atoms with Crippen molar-refractivity contribution in [3.05, 3.63) is 23.8 Å². The summed E-state index contributed by atoms with van der Waals surface area (Å²) >= 11 is 0. The molecule has 104 valence electrons. The van der Waals surface area contributed by atoms with Gasteiger partial charge in [0.05, 0.1) is 38.5 Å². The van der Waals surface area contributed by atoms with Gasteiger partial charge in [0.2, 0.25) is 0 Å². The van der Waals surface area contributed by atoms with Gasteiger partial charge in [-0.2, -0.15) is 0 Å². The van der Waals surface area contributed by atoms with E-state index in [0.29, 0.717) is 36.8 Å². The van der Waals surface area contributed by atoms with Crippen molar-refractivity contribution in [2.45, 2.75) is 6.04 Å². The van der Waals surface area contributed by atoms with E-state index in [4.69, 9.17) is 15.2 Å². The number of nitrogen functional groups attached to an aromatic ring is 1. The SMILES string of the molecule is COc1ccc(C(=O)N2CCOCC2CO)c(N)c1. The Morgan fingerprint density at radius 2 is 2.42 bits per heavy atom. The lowest BCUT2D eigenvalue weighted by molar-refractivity contribution is -0.0183. The number of ether oxygens (including phenoxy) is 2. The molecule has 19 heavy (non-hydrogen) atoms. The monoisotopic (exact) mass is 266 g/mol. The van der Waals surface area contributed by atoms with Gasteiger partial charge >= 0.3 is 0 Å². The number of carbonyl (C=O) groups is 1. The molecule has 6 heteroatoms. The molecule has 1 aromatic carbocycles. The number of rotatable bonds is 3. The molecule has 1 heterocycles. The molecule has 2 rings (SSSR count). The van der Waals surface area contributed by atoms with Crippen LogP contribution in [0.5, 0.6) is 5.75 Å². The quantitative estimate of drug-likeness (QED) is 0.759. The highest BCUT2D eigenvalue weighted by atomic mass is 16.5. The summed E-state index contributed by atoms with van der Waals surface area (Å²) in [5.41, 5.74) is 6.66. The lowest BCUT2D eigenvalue weighted by Gasteiger charge is -2.34. The third-order valence-corrected chi connectivity index (χ3v) is 3.19. The van der Waals surface area contributed by atoms with Crippen LogP contribution in [0.4, 0.5) is 5.69 Å². The van der Waals surface area contributed by atoms with E-state index in [0.717, 1.165) is 0 Å². The van der Waals surface area contributed by atoms with Crippen LogP contribution in [0.25, 0.3) is 0 Å². The number of hydrogen-bond acceptors (Lipinski definition) is 5. The third kappa shape index (κ3) is 2.80. The summed E-state index contributed by atoms with van der Waals surface area (Å²) in [6, 6.07) is 4.63. The number of anilines is 1. The fourth-order valence-electron chi connectivity index (χ4n) is 2.09. The highest BCUT2D eigenvalue weighted by Crippen LogP contribution is 2.22. The largest absolute Gasteiger partial charge is 0.497 e. The highest BCUT2D eigenvalue weighted by molar-refractivity contribution is 5.99. The first-order valence-corrected chi connectivity index (χ1v) is 6.10. The topological polar surface area (TPSA) is 85.0 Å². The molecule has 1 saturated heterocycles. The lowest BCUT2D eigenvalue weighted by atomic mass is 10.1. The molecule has 1 atom stereocenters. The summed E-state index contributed by atoms with van der Waals surface area (Å²) in [6.45, 7) is 1.15. The first kappa shape index (κ1) is 13.6. The predicted molar refractivity (Wildman–Crippen MR) is 70.1 cm³/mol. The fraction of sp³-hybridized carbons (Fsp3) is 0.462. The van der Waals surface area contributed by atoms with Crippen LogP contribution >= 0.6 is 0 Å². The summed E-state index contributed by atoms with van der Waals surface area (Å²) in [5.74, 6) is 0.414. The Bertz CT molecular complexity index is 464. The first-order chi connectivity index (χ1) is 9.17. The Labute approximate surface area is 111 Å². The molecule has 1 aliphatic rings. The van der Waals surface area contributed by atoms with Gasteiger partial charge in [0.15, 0.2) is 0 Å². The van der Waals surface area contributed by atoms with Crippen molar-refractivity contribution in [2.24, 2.45) is 0 Å². The van der Waals surface area contributed by atoms with E-state index in [1.54, 1.807) is 30.2 Å². The van der Waals surface area contributed by atoms with Gasteiger partial charge in [0.1, 0.15) is 5.75 Å². The maximum Gasteiger partial charge on any atom is 0.256 e. The number of aliphatic hydroxyl groups excluding tert-OH is 1. The summed E-state index contributed by atoms with van der Waals surface area (Å²) in [4.78, 5) is 14.0. The zero-order valence-electron chi connectivity index (χ0n) is 10.8. The van der Waals surface area contributed by atoms with Crippen LogP contribution in [0.2, 0.25) is 0 Å². The average molecular weight is 266 g/mol. The van der Waals surface area contributed by atoms with Crippen LogP contribution in [0, 0.1) is 0 Å². The summed E-state index contributed by atoms with van der Waals surface area (Å²) in [6.07, 6.45) is 0. The van der Waals surface area contributed by atoms with Crippen molar-refractivity contribution in [1.29, 1.82) is 0 Å². The molecule has 3 N–H and O–H groups in total. The average Bonchev–Trinajstić information content (AvgIpc) is 2.46. The van der Waals surface area contributed by atoms with Crippen LogP contribution in [0.15, 0.2) is 18.2 Å². The number of carbonyl (C=O) groups excluding carboxylic acids is 1. The zero-order valence-corrected chi connectivity index (χ0v) is 10.8. The molecule has 0 radical (unpaired) electrons. The standard InChI is InChI=1S/C13H18N2O4/c1-18-10-2-3-11(12(14)6-10)13(17)15-4-5-19-8-9(15)7-16/h2-3,6,9,16H,4-5,7-8,14H2,1H3. The second-order valence-electron chi connectivity index (χ2n) is 4.36. The van der Waals surface area contributed by atoms with Gasteiger partial charge in [0, 0.05) is 18.3 Å². The van der Waals surface area contributed by atoms with Crippen molar-refractivity contribution in [3.63, 3.8) is 0 Å². The van der Waals surface area contributed by atoms with Gasteiger partial charge in [-0.25, -0.2) is 0 Å². The van der Waals surface area contributed by atoms with E-state index < -0.39 is 0 Å². The minimum Gasteiger partial charge on any atom is -0.497 e. The fourth-order valence-corrected chi connectivity index (χ4v) is 2.09. The Kier molecular flexibility index (Phi) is 4.24. The number of morpholine rings is 1. The van der Waals surface area contributed by atoms with Crippen LogP contribution in [-0.4, -0.2) is 55.4 Å². The van der Waals surface area contributed by atoms with Gasteiger partial charge in [-0.1, -0.05) is 0 Å².